The molecule has 0 radical (unpaired) electrons. The number of esters is 12. The average molecular weight is 1530 g/mol. The molecular weight excluding hydrogens is 1420 g/mol. The van der Waals surface area contributed by atoms with Crippen LogP contribution in [-0.2, 0) is 166 Å². The standard InChI is InChI=1S/C69H104O35S/c1-21-46-28(3)52(87-34(9)70)58(93-40(15)76)64(99-46)82-23-47-29(4)53(88-35(10)71)59(94-41(16)77)65(100-47)83-24-48-30(5)54(89-36(11)72)60(95-42(17)78)66(101-48)84-25-49-31(6)55(90-37(12)73)61(96-43(18)79)67(102-49)85-26-50-32(7)56(91-38(13)74)62(97-44(19)80)68(103-50)86-27-51-33(8)57(92-39(14)75)63(98-45(20)81)69(104-51)105-22-2/h28-33,46-69H,21-27H2,1-20H3/t28-,29-,30-,31-,32-,33-,46-,47?,48?,49?,50?,51?,52+,53+,54+,55+,56+,57+,58-,59-,60-,61-,62-,63-,64-,65-,66-,67-,68-,69+/m1/s1. The molecule has 0 saturated carbocycles. The summed E-state index contributed by atoms with van der Waals surface area (Å²) in [7, 11) is 0. The Morgan fingerprint density at radius 2 is 0.400 bits per heavy atom. The molecule has 6 aliphatic heterocycles. The average Bonchev–Trinajstić information content (AvgIpc) is 0.794. The number of ether oxygens (including phenoxy) is 23. The van der Waals surface area contributed by atoms with Gasteiger partial charge in [0, 0.05) is 119 Å². The SMILES string of the molecule is CCS[C@@H]1OC(CO[C@@H]2OC(CO[C@@H]3OC(CO[C@@H]4OC(CO[C@@H]5OC(CO[C@@H]6O[C@H](CC)[C@@H](C)[C@H](OC(C)=O)[C@H]6OC(C)=O)[C@@H](C)[C@H](OC(C)=O)[C@H]5OC(C)=O)[C@@H](C)[C@H](OC(C)=O)[C@H]4OC(C)=O)[C@@H](C)[C@H](OC(C)=O)[C@H]3OC(C)=O)[C@@H](C)[C@H](OC(C)=O)[C@H]2OC(C)=O)[C@@H](C)[C@H](OC(C)=O)[C@H]1OC(C)=O. The highest BCUT2D eigenvalue weighted by molar-refractivity contribution is 7.99. The van der Waals surface area contributed by atoms with Gasteiger partial charge in [0.05, 0.1) is 69.7 Å². The van der Waals surface area contributed by atoms with Gasteiger partial charge in [-0.15, -0.1) is 11.8 Å². The van der Waals surface area contributed by atoms with Gasteiger partial charge in [-0.2, -0.15) is 0 Å². The fourth-order valence-electron chi connectivity index (χ4n) is 13.7. The molecule has 105 heavy (non-hydrogen) atoms. The molecule has 30 atom stereocenters. The normalized spacial score (nSPS) is 37.5. The van der Waals surface area contributed by atoms with Crippen molar-refractivity contribution >= 4 is 83.4 Å². The molecule has 0 aromatic rings. The number of hydrogen-bond donors (Lipinski definition) is 0. The maximum atomic E-state index is 13.0. The molecule has 5 unspecified atom stereocenters. The van der Waals surface area contributed by atoms with E-state index in [1.807, 2.05) is 13.8 Å². The molecular formula is C69H104O35S. The van der Waals surface area contributed by atoms with E-state index in [0.29, 0.717) is 12.2 Å². The van der Waals surface area contributed by atoms with Gasteiger partial charge < -0.3 is 109 Å². The third-order valence-corrected chi connectivity index (χ3v) is 19.6. The molecule has 0 aromatic carbocycles. The molecule has 0 N–H and O–H groups in total. The molecule has 6 aliphatic rings. The third-order valence-electron chi connectivity index (χ3n) is 18.5. The quantitative estimate of drug-likeness (QED) is 0.0732. The molecule has 6 saturated heterocycles. The minimum Gasteiger partial charge on any atom is -0.458 e. The van der Waals surface area contributed by atoms with Crippen molar-refractivity contribution in [3.05, 3.63) is 0 Å². The number of carbonyl (C=O) groups excluding carboxylic acids is 12. The Balaban J connectivity index is 1.30. The number of thioether (sulfide) groups is 1. The van der Waals surface area contributed by atoms with Crippen molar-refractivity contribution in [2.45, 2.75) is 292 Å². The second-order valence-electron chi connectivity index (χ2n) is 26.8. The molecule has 35 nitrogen and oxygen atoms in total. The Hall–Kier alpha value is -6.45. The van der Waals surface area contributed by atoms with Crippen LogP contribution in [0.25, 0.3) is 0 Å². The molecule has 0 spiro atoms. The lowest BCUT2D eigenvalue weighted by Crippen LogP contribution is -2.62. The van der Waals surface area contributed by atoms with Crippen LogP contribution in [0.5, 0.6) is 0 Å². The predicted octanol–water partition coefficient (Wildman–Crippen LogP) is 3.58. The summed E-state index contributed by atoms with van der Waals surface area (Å²) in [6, 6.07) is 0. The molecule has 6 rings (SSSR count). The van der Waals surface area contributed by atoms with Crippen LogP contribution in [0.15, 0.2) is 0 Å². The molecule has 6 fully saturated rings. The number of carbonyl (C=O) groups is 12. The van der Waals surface area contributed by atoms with E-state index in [4.69, 9.17) is 109 Å². The summed E-state index contributed by atoms with van der Waals surface area (Å²) in [6.45, 7) is 25.1. The lowest BCUT2D eigenvalue weighted by atomic mass is 9.88. The molecule has 6 heterocycles. The molecule has 0 bridgehead atoms. The Labute approximate surface area is 613 Å². The first-order valence-electron chi connectivity index (χ1n) is 35.0. The summed E-state index contributed by atoms with van der Waals surface area (Å²) in [5.41, 5.74) is -0.845. The van der Waals surface area contributed by atoms with E-state index < -0.39 is 274 Å². The first kappa shape index (κ1) is 87.5. The van der Waals surface area contributed by atoms with Crippen LogP contribution in [0.3, 0.4) is 0 Å². The first-order chi connectivity index (χ1) is 49.3. The summed E-state index contributed by atoms with van der Waals surface area (Å²) in [5.74, 6) is -13.4. The summed E-state index contributed by atoms with van der Waals surface area (Å²) in [5, 5.41) is 0. The zero-order valence-corrected chi connectivity index (χ0v) is 63.8. The van der Waals surface area contributed by atoms with Crippen molar-refractivity contribution in [2.24, 2.45) is 35.5 Å². The topological polar surface area (TPSA) is 417 Å². The van der Waals surface area contributed by atoms with E-state index in [-0.39, 0.29) is 13.2 Å². The van der Waals surface area contributed by atoms with Gasteiger partial charge in [0.2, 0.25) is 0 Å². The Kier molecular flexibility index (Phi) is 33.4. The molecule has 36 heteroatoms. The highest BCUT2D eigenvalue weighted by atomic mass is 32.2. The molecule has 0 aliphatic carbocycles. The van der Waals surface area contributed by atoms with Crippen LogP contribution < -0.4 is 0 Å². The van der Waals surface area contributed by atoms with Crippen LogP contribution in [0.1, 0.15) is 145 Å². The number of hydrogen-bond acceptors (Lipinski definition) is 36. The molecule has 0 aromatic heterocycles. The van der Waals surface area contributed by atoms with Gasteiger partial charge in [0.25, 0.3) is 0 Å². The minimum atomic E-state index is -1.67. The second-order valence-corrected chi connectivity index (χ2v) is 28.2. The second kappa shape index (κ2) is 40.1. The highest BCUT2D eigenvalue weighted by Crippen LogP contribution is 2.42. The van der Waals surface area contributed by atoms with Gasteiger partial charge in [0.15, 0.2) is 68.1 Å². The zero-order chi connectivity index (χ0) is 78.2. The minimum absolute atomic E-state index is 0.328. The van der Waals surface area contributed by atoms with Crippen LogP contribution >= 0.6 is 11.8 Å². The van der Waals surface area contributed by atoms with Gasteiger partial charge in [0.1, 0.15) is 42.1 Å². The van der Waals surface area contributed by atoms with Gasteiger partial charge in [-0.3, -0.25) is 57.5 Å². The largest absolute Gasteiger partial charge is 0.458 e. The van der Waals surface area contributed by atoms with Gasteiger partial charge in [-0.25, -0.2) is 0 Å². The van der Waals surface area contributed by atoms with Gasteiger partial charge >= 0.3 is 71.6 Å². The van der Waals surface area contributed by atoms with Crippen LogP contribution in [0.2, 0.25) is 0 Å². The fraction of sp³-hybridized carbons (Fsp3) is 0.826. The van der Waals surface area contributed by atoms with E-state index >= 15 is 0 Å². The number of rotatable bonds is 30. The first-order valence-corrected chi connectivity index (χ1v) is 36.1. The highest BCUT2D eigenvalue weighted by Gasteiger charge is 2.57. The third kappa shape index (κ3) is 24.3. The van der Waals surface area contributed by atoms with Gasteiger partial charge in [-0.05, 0) is 12.2 Å². The monoisotopic (exact) mass is 1520 g/mol. The van der Waals surface area contributed by atoms with Gasteiger partial charge in [-0.1, -0.05) is 55.4 Å². The fourth-order valence-corrected chi connectivity index (χ4v) is 14.6. The maximum absolute atomic E-state index is 13.0. The zero-order valence-electron chi connectivity index (χ0n) is 63.0. The Morgan fingerprint density at radius 1 is 0.238 bits per heavy atom. The summed E-state index contributed by atoms with van der Waals surface area (Å²) < 4.78 is 140. The van der Waals surface area contributed by atoms with Crippen LogP contribution in [-0.4, -0.2) is 257 Å². The van der Waals surface area contributed by atoms with Crippen molar-refractivity contribution in [1.29, 1.82) is 0 Å². The maximum Gasteiger partial charge on any atom is 0.303 e. The van der Waals surface area contributed by atoms with E-state index in [9.17, 15) is 57.5 Å². The smallest absolute Gasteiger partial charge is 0.303 e. The Morgan fingerprint density at radius 3 is 0.590 bits per heavy atom. The van der Waals surface area contributed by atoms with E-state index in [1.54, 1.807) is 41.5 Å². The van der Waals surface area contributed by atoms with E-state index in [1.165, 1.54) is 39.5 Å². The lowest BCUT2D eigenvalue weighted by molar-refractivity contribution is -0.342. The predicted molar refractivity (Wildman–Crippen MR) is 352 cm³/mol. The van der Waals surface area contributed by atoms with Crippen molar-refractivity contribution in [1.82, 2.24) is 0 Å². The molecule has 0 amide bonds. The summed E-state index contributed by atoms with van der Waals surface area (Å²) in [6.07, 6.45) is -29.0. The van der Waals surface area contributed by atoms with Crippen molar-refractivity contribution < 1.29 is 166 Å². The summed E-state index contributed by atoms with van der Waals surface area (Å²) >= 11 is 1.28. The Bertz CT molecular complexity index is 2990. The van der Waals surface area contributed by atoms with Crippen molar-refractivity contribution in [3.63, 3.8) is 0 Å². The lowest BCUT2D eigenvalue weighted by Gasteiger charge is -2.48. The van der Waals surface area contributed by atoms with Crippen LogP contribution in [0.4, 0.5) is 0 Å². The van der Waals surface area contributed by atoms with Crippen LogP contribution in [0, 0.1) is 35.5 Å². The summed E-state index contributed by atoms with van der Waals surface area (Å²) in [4.78, 5) is 153. The molecule has 596 valence electrons. The van der Waals surface area contributed by atoms with E-state index in [0.717, 1.165) is 55.4 Å². The van der Waals surface area contributed by atoms with Crippen molar-refractivity contribution in [2.75, 3.05) is 38.8 Å². The van der Waals surface area contributed by atoms with Crippen molar-refractivity contribution in [3.8, 4) is 0 Å². The van der Waals surface area contributed by atoms with E-state index in [2.05, 4.69) is 0 Å².